The van der Waals surface area contributed by atoms with Crippen molar-refractivity contribution >= 4 is 309 Å². The molecule has 0 N–H and O–H groups in total. The third kappa shape index (κ3) is 1.74. The molecule has 2 atom stereocenters. The van der Waals surface area contributed by atoms with Crippen LogP contribution in [0.15, 0.2) is 16.1 Å². The van der Waals surface area contributed by atoms with Crippen LogP contribution in [0.25, 0.3) is 291 Å². The van der Waals surface area contributed by atoms with E-state index in [1.54, 1.807) is 104 Å². The summed E-state index contributed by atoms with van der Waals surface area (Å²) in [7, 11) is 3.10. The first kappa shape index (κ1) is 31.1. The van der Waals surface area contributed by atoms with Gasteiger partial charge in [0.15, 0.2) is 0 Å². The lowest BCUT2D eigenvalue weighted by molar-refractivity contribution is -0.139. The number of ether oxygens (including phenoxy) is 2. The predicted octanol–water partition coefficient (Wildman–Crippen LogP) is 17.7. The summed E-state index contributed by atoms with van der Waals surface area (Å²) in [5.74, 6) is -0.873. The fourth-order valence-electron chi connectivity index (χ4n) is 26.8. The summed E-state index contributed by atoms with van der Waals surface area (Å²) in [5, 5.41) is 80.7. The summed E-state index contributed by atoms with van der Waals surface area (Å²) in [6.45, 7) is 0. The van der Waals surface area contributed by atoms with Gasteiger partial charge in [0.2, 0.25) is 0 Å². The normalized spacial score (nSPS) is 23.4. The third-order valence-corrected chi connectivity index (χ3v) is 27.2. The number of benzene rings is 17. The maximum Gasteiger partial charge on any atom is 0.340 e. The molecule has 34 rings (SSSR count). The molecule has 1 saturated carbocycles. The van der Waals surface area contributed by atoms with Gasteiger partial charge in [-0.1, -0.05) is 19.3 Å². The van der Waals surface area contributed by atoms with Crippen LogP contribution in [0.1, 0.15) is 54.4 Å². The van der Waals surface area contributed by atoms with Gasteiger partial charge in [0.05, 0.1) is 47.9 Å². The van der Waals surface area contributed by atoms with Crippen molar-refractivity contribution in [2.75, 3.05) is 14.2 Å². The predicted molar refractivity (Wildman–Crippen MR) is 319 cm³/mol. The molecule has 0 heterocycles. The van der Waals surface area contributed by atoms with Crippen LogP contribution in [0, 0.1) is 0 Å². The Morgan fingerprint density at radius 3 is 0.808 bits per heavy atom. The number of nitrogens with zero attached hydrogens (tertiary/aromatic N) is 1. The van der Waals surface area contributed by atoms with E-state index in [0.717, 1.165) is 31.4 Å². The van der Waals surface area contributed by atoms with E-state index in [0.29, 0.717) is 11.1 Å². The molecule has 1 fully saturated rings. The van der Waals surface area contributed by atoms with Crippen LogP contribution < -0.4 is 0 Å². The zero-order chi connectivity index (χ0) is 47.6. The molecule has 6 aliphatic rings. The first-order valence-corrected chi connectivity index (χ1v) is 28.9. The Morgan fingerprint density at radius 2 is 0.513 bits per heavy atom. The summed E-state index contributed by atoms with van der Waals surface area (Å²) in [6.07, 6.45) is 5.32. The molecule has 6 aliphatic carbocycles. The first-order chi connectivity index (χ1) is 38.7. The smallest absolute Gasteiger partial charge is 0.340 e. The molecule has 0 amide bonds. The van der Waals surface area contributed by atoms with E-state index in [1.165, 1.54) is 230 Å². The average molecular weight is 972 g/mol. The minimum Gasteiger partial charge on any atom is -0.466 e. The molecular weight excluding hydrogens is 955 g/mol. The maximum atomic E-state index is 16.5. The molecule has 78 heavy (non-hydrogen) atoms. The van der Waals surface area contributed by atoms with E-state index in [-0.39, 0.29) is 6.04 Å². The number of methoxy groups -OCH3 is 2. The molecule has 0 bridgehead atoms. The van der Waals surface area contributed by atoms with Crippen molar-refractivity contribution in [2.45, 2.75) is 49.0 Å². The van der Waals surface area contributed by atoms with Gasteiger partial charge in [0.25, 0.3) is 0 Å². The Balaban J connectivity index is 1.12. The molecular formula is C73H17NO4. The van der Waals surface area contributed by atoms with E-state index in [2.05, 4.69) is 0 Å². The molecule has 0 radical (unpaired) electrons. The van der Waals surface area contributed by atoms with E-state index in [4.69, 9.17) is 14.5 Å². The third-order valence-electron chi connectivity index (χ3n) is 27.2. The molecule has 0 saturated heterocycles. The van der Waals surface area contributed by atoms with Crippen molar-refractivity contribution in [2.24, 2.45) is 4.99 Å². The van der Waals surface area contributed by atoms with Crippen molar-refractivity contribution in [1.82, 2.24) is 0 Å². The molecule has 28 aromatic carbocycles. The molecule has 0 aromatic heterocycles. The van der Waals surface area contributed by atoms with Crippen LogP contribution in [0.5, 0.6) is 0 Å². The van der Waals surface area contributed by atoms with Crippen molar-refractivity contribution < 1.29 is 19.1 Å². The maximum absolute atomic E-state index is 16.5. The van der Waals surface area contributed by atoms with Gasteiger partial charge in [0, 0.05) is 0 Å². The lowest BCUT2D eigenvalue weighted by atomic mass is 9.49. The van der Waals surface area contributed by atoms with Crippen molar-refractivity contribution in [3.05, 3.63) is 33.4 Å². The Bertz CT molecular complexity index is 7830. The van der Waals surface area contributed by atoms with Gasteiger partial charge in [0.1, 0.15) is 0 Å². The molecule has 338 valence electrons. The van der Waals surface area contributed by atoms with Gasteiger partial charge in [-0.3, -0.25) is 4.99 Å². The number of rotatable bonds is 3. The van der Waals surface area contributed by atoms with Crippen molar-refractivity contribution in [1.29, 1.82) is 0 Å². The summed E-state index contributed by atoms with van der Waals surface area (Å²) < 4.78 is 12.6. The first-order valence-electron chi connectivity index (χ1n) is 28.9. The summed E-state index contributed by atoms with van der Waals surface area (Å²) in [6, 6.07) is 0.00498. The van der Waals surface area contributed by atoms with E-state index in [1.807, 2.05) is 0 Å². The molecule has 5 nitrogen and oxygen atoms in total. The molecule has 5 heteroatoms. The second-order valence-corrected chi connectivity index (χ2v) is 27.8. The lowest BCUT2D eigenvalue weighted by Crippen LogP contribution is -2.53. The monoisotopic (exact) mass is 971 g/mol. The standard InChI is InChI=1S/C73H17NO4/c1-77-70(75)63-68(71(76)78-2)72-64-56-49-37-29-20-11-9-10-12-15(11)24-31(29)39-40-32(24)30-21(12)23-19-14(10)17-16-13(9)18-22(20)35(37)43-41-27(18)25(16)33-34-26(17)28(19)42-44-36(23)38(30)50-52(40)61(60(64)51(39)49)65-57(50)55(44)59-48(42)46(34)53-45(33)47(41)58(54(43)56)66(72)62(53)67(59)73(65,72)69(63)74-8-6-4-3-5-7-8/h8H,3-7H2,1-2H3. The summed E-state index contributed by atoms with van der Waals surface area (Å²) in [4.78, 5) is 38.8. The lowest BCUT2D eigenvalue weighted by Gasteiger charge is -2.49. The fraction of sp³-hybridized carbons (Fsp3) is 0.137. The van der Waals surface area contributed by atoms with Gasteiger partial charge in [-0.25, -0.2) is 9.59 Å². The zero-order valence-electron chi connectivity index (χ0n) is 40.7. The molecule has 28 aromatic rings. The van der Waals surface area contributed by atoms with Gasteiger partial charge < -0.3 is 9.47 Å². The van der Waals surface area contributed by atoms with Gasteiger partial charge in [-0.2, -0.15) is 0 Å². The highest BCUT2D eigenvalue weighted by molar-refractivity contribution is 6.82. The van der Waals surface area contributed by atoms with Crippen LogP contribution in [0.4, 0.5) is 0 Å². The minimum atomic E-state index is -1.16. The highest BCUT2D eigenvalue weighted by Crippen LogP contribution is 2.87. The number of carbonyl (C=O) groups excluding carboxylic acids is 2. The highest BCUT2D eigenvalue weighted by atomic mass is 16.5. The Labute approximate surface area is 426 Å². The second-order valence-electron chi connectivity index (χ2n) is 27.8. The number of hydrogen-bond donors (Lipinski definition) is 0. The topological polar surface area (TPSA) is 65.0 Å². The number of carbonyl (C=O) groups is 2. The van der Waals surface area contributed by atoms with Gasteiger partial charge in [-0.15, -0.1) is 0 Å². The van der Waals surface area contributed by atoms with Crippen LogP contribution in [-0.2, 0) is 29.9 Å². The summed E-state index contributed by atoms with van der Waals surface area (Å²) >= 11 is 0. The zero-order valence-corrected chi connectivity index (χ0v) is 40.7. The van der Waals surface area contributed by atoms with Gasteiger partial charge in [-0.05, 0) is 326 Å². The van der Waals surface area contributed by atoms with Crippen molar-refractivity contribution in [3.8, 4) is 0 Å². The molecule has 2 unspecified atom stereocenters. The number of hydrogen-bond acceptors (Lipinski definition) is 5. The van der Waals surface area contributed by atoms with E-state index in [9.17, 15) is 0 Å². The number of aliphatic imine (C=N–C) groups is 1. The Kier molecular flexibility index (Phi) is 2.94. The molecule has 2 spiro atoms. The second kappa shape index (κ2) is 7.36. The van der Waals surface area contributed by atoms with Gasteiger partial charge >= 0.3 is 11.9 Å². The number of esters is 2. The van der Waals surface area contributed by atoms with Crippen LogP contribution >= 0.6 is 0 Å². The van der Waals surface area contributed by atoms with E-state index >= 15 is 9.59 Å². The summed E-state index contributed by atoms with van der Waals surface area (Å²) in [5.41, 5.74) is 4.73. The minimum absolute atomic E-state index is 0.00498. The Morgan fingerprint density at radius 1 is 0.295 bits per heavy atom. The van der Waals surface area contributed by atoms with E-state index < -0.39 is 22.8 Å². The van der Waals surface area contributed by atoms with Crippen molar-refractivity contribution in [3.63, 3.8) is 0 Å². The van der Waals surface area contributed by atoms with Crippen LogP contribution in [0.2, 0.25) is 0 Å². The van der Waals surface area contributed by atoms with Crippen LogP contribution in [0.3, 0.4) is 0 Å². The van der Waals surface area contributed by atoms with Crippen LogP contribution in [-0.4, -0.2) is 37.9 Å². The molecule has 0 aliphatic heterocycles. The quantitative estimate of drug-likeness (QED) is 0.131. The largest absolute Gasteiger partial charge is 0.466 e. The Hall–Kier alpha value is -9.19. The highest BCUT2D eigenvalue weighted by Gasteiger charge is 2.78. The average Bonchev–Trinajstić information content (AvgIpc) is 1.64. The fourth-order valence-corrected chi connectivity index (χ4v) is 26.8. The SMILES string of the molecule is COC(=O)C1=C(C(=O)OC)C23c4c5c6c7c8c9c(c%10c%11c2c2c%12c4c4c%13c5c5c7c7c8c8c%14c9c%10c9c%10c%11c2c2c%11c%12c4c4c%12c%13c5c5c7c7c8c8c%14c9c9c%10c2c2c%11c4c4c%12c5c7c5c8c9c2c45)C63C1=NC1CCCCC1.